The number of nitrogens with one attached hydrogen (secondary N) is 1. The van der Waals surface area contributed by atoms with Crippen molar-refractivity contribution in [3.63, 3.8) is 0 Å². The van der Waals surface area contributed by atoms with Gasteiger partial charge in [-0.3, -0.25) is 4.79 Å². The summed E-state index contributed by atoms with van der Waals surface area (Å²) in [6.07, 6.45) is 0.865. The van der Waals surface area contributed by atoms with Crippen molar-refractivity contribution in [1.82, 2.24) is 10.2 Å². The quantitative estimate of drug-likeness (QED) is 0.773. The van der Waals surface area contributed by atoms with Gasteiger partial charge in [0.1, 0.15) is 0 Å². The third kappa shape index (κ3) is 3.19. The summed E-state index contributed by atoms with van der Waals surface area (Å²) in [5.41, 5.74) is 3.28. The number of hydrogen-bond donors (Lipinski definition) is 1. The number of carbonyl (C=O) groups is 1. The molecule has 0 saturated heterocycles. The van der Waals surface area contributed by atoms with Crippen LogP contribution >= 0.6 is 11.6 Å². The zero-order valence-electron chi connectivity index (χ0n) is 13.3. The maximum absolute atomic E-state index is 12.7. The summed E-state index contributed by atoms with van der Waals surface area (Å²) in [5.74, 6) is 0.424. The number of benzene rings is 2. The van der Waals surface area contributed by atoms with E-state index in [-0.39, 0.29) is 5.91 Å². The first-order valence-corrected chi connectivity index (χ1v) is 8.34. The Balaban J connectivity index is 1.52. The summed E-state index contributed by atoms with van der Waals surface area (Å²) < 4.78 is 0. The third-order valence-corrected chi connectivity index (χ3v) is 4.35. The van der Waals surface area contributed by atoms with E-state index in [1.807, 2.05) is 36.4 Å². The van der Waals surface area contributed by atoms with Crippen LogP contribution < -0.4 is 10.2 Å². The molecule has 4 rings (SSSR count). The third-order valence-electron chi connectivity index (χ3n) is 4.11. The second kappa shape index (κ2) is 6.53. The molecule has 5 nitrogen and oxygen atoms in total. The molecule has 1 aliphatic rings. The first-order valence-electron chi connectivity index (χ1n) is 7.97. The van der Waals surface area contributed by atoms with Gasteiger partial charge in [-0.1, -0.05) is 35.9 Å². The molecule has 25 heavy (non-hydrogen) atoms. The van der Waals surface area contributed by atoms with Gasteiger partial charge in [-0.05, 0) is 48.4 Å². The van der Waals surface area contributed by atoms with Crippen LogP contribution in [0.4, 0.5) is 17.2 Å². The highest BCUT2D eigenvalue weighted by Crippen LogP contribution is 2.28. The summed E-state index contributed by atoms with van der Waals surface area (Å²) in [6.45, 7) is 0.669. The zero-order chi connectivity index (χ0) is 17.2. The molecular formula is C19H15ClN4O. The second-order valence-corrected chi connectivity index (χ2v) is 6.21. The van der Waals surface area contributed by atoms with Crippen LogP contribution in [0.25, 0.3) is 0 Å². The maximum Gasteiger partial charge on any atom is 0.278 e. The van der Waals surface area contributed by atoms with E-state index in [0.717, 1.165) is 17.8 Å². The molecular weight excluding hydrogens is 336 g/mol. The van der Waals surface area contributed by atoms with E-state index in [2.05, 4.69) is 15.5 Å². The lowest BCUT2D eigenvalue weighted by atomic mass is 10.2. The number of aromatic nitrogens is 2. The van der Waals surface area contributed by atoms with Gasteiger partial charge in [0.05, 0.1) is 0 Å². The number of fused-ring (bicyclic) bond motifs is 1. The van der Waals surface area contributed by atoms with Crippen LogP contribution in [-0.4, -0.2) is 22.6 Å². The fourth-order valence-corrected chi connectivity index (χ4v) is 3.10. The number of nitrogens with zero attached hydrogens (tertiary/aromatic N) is 3. The van der Waals surface area contributed by atoms with Gasteiger partial charge in [0.25, 0.3) is 5.91 Å². The molecule has 1 aromatic heterocycles. The fraction of sp³-hybridized carbons (Fsp3) is 0.105. The lowest BCUT2D eigenvalue weighted by Crippen LogP contribution is -2.29. The number of anilines is 3. The van der Waals surface area contributed by atoms with Gasteiger partial charge in [-0.25, -0.2) is 0 Å². The molecule has 124 valence electrons. The van der Waals surface area contributed by atoms with Crippen LogP contribution in [0.1, 0.15) is 16.1 Å². The molecule has 0 radical (unpaired) electrons. The monoisotopic (exact) mass is 350 g/mol. The second-order valence-electron chi connectivity index (χ2n) is 5.77. The summed E-state index contributed by atoms with van der Waals surface area (Å²) in [4.78, 5) is 14.5. The van der Waals surface area contributed by atoms with Crippen LogP contribution in [0.2, 0.25) is 5.02 Å². The summed E-state index contributed by atoms with van der Waals surface area (Å²) >= 11 is 5.97. The number of halogens is 1. The molecule has 1 aliphatic heterocycles. The molecule has 0 fully saturated rings. The predicted octanol–water partition coefficient (Wildman–Crippen LogP) is 4.08. The average Bonchev–Trinajstić information content (AvgIpc) is 3.06. The normalized spacial score (nSPS) is 12.8. The molecule has 1 amide bonds. The van der Waals surface area contributed by atoms with Gasteiger partial charge in [0, 0.05) is 22.9 Å². The molecule has 0 aliphatic carbocycles. The van der Waals surface area contributed by atoms with Crippen molar-refractivity contribution >= 4 is 34.7 Å². The Labute approximate surface area is 150 Å². The van der Waals surface area contributed by atoms with Crippen LogP contribution in [0.5, 0.6) is 0 Å². The Bertz CT molecular complexity index is 927. The first kappa shape index (κ1) is 15.6. The number of para-hydroxylation sites is 1. The highest BCUT2D eigenvalue weighted by atomic mass is 35.5. The van der Waals surface area contributed by atoms with Crippen LogP contribution in [0.15, 0.2) is 60.7 Å². The Kier molecular flexibility index (Phi) is 4.07. The minimum Gasteiger partial charge on any atom is -0.339 e. The summed E-state index contributed by atoms with van der Waals surface area (Å²) in [6, 6.07) is 18.7. The number of rotatable bonds is 3. The van der Waals surface area contributed by atoms with E-state index in [9.17, 15) is 4.79 Å². The van der Waals surface area contributed by atoms with Crippen LogP contribution in [0, 0.1) is 0 Å². The fourth-order valence-electron chi connectivity index (χ4n) is 2.91. The van der Waals surface area contributed by atoms with E-state index in [4.69, 9.17) is 11.6 Å². The van der Waals surface area contributed by atoms with Crippen LogP contribution in [-0.2, 0) is 6.42 Å². The standard InChI is InChI=1S/C19H15ClN4O/c20-14-5-3-6-15(12-14)21-18-9-8-16(22-23-18)19(25)24-11-10-13-4-1-2-7-17(13)24/h1-9,12H,10-11H2,(H,21,23). The molecule has 2 aromatic carbocycles. The van der Waals surface area contributed by atoms with E-state index < -0.39 is 0 Å². The minimum atomic E-state index is -0.133. The molecule has 3 aromatic rings. The minimum absolute atomic E-state index is 0.133. The van der Waals surface area contributed by atoms with Crippen molar-refractivity contribution in [1.29, 1.82) is 0 Å². The number of amides is 1. The Morgan fingerprint density at radius 3 is 2.72 bits per heavy atom. The predicted molar refractivity (Wildman–Crippen MR) is 98.6 cm³/mol. The van der Waals surface area contributed by atoms with Gasteiger partial charge < -0.3 is 10.2 Å². The summed E-state index contributed by atoms with van der Waals surface area (Å²) in [7, 11) is 0. The number of carbonyl (C=O) groups excluding carboxylic acids is 1. The first-order chi connectivity index (χ1) is 12.2. The SMILES string of the molecule is O=C(c1ccc(Nc2cccc(Cl)c2)nn1)N1CCc2ccccc21. The number of hydrogen-bond acceptors (Lipinski definition) is 4. The molecule has 0 spiro atoms. The smallest absolute Gasteiger partial charge is 0.278 e. The van der Waals surface area contributed by atoms with E-state index >= 15 is 0 Å². The van der Waals surface area contributed by atoms with Crippen molar-refractivity contribution in [2.75, 3.05) is 16.8 Å². The van der Waals surface area contributed by atoms with Crippen molar-refractivity contribution in [2.24, 2.45) is 0 Å². The molecule has 0 saturated carbocycles. The molecule has 1 N–H and O–H groups in total. The highest BCUT2D eigenvalue weighted by Gasteiger charge is 2.26. The Hall–Kier alpha value is -2.92. The topological polar surface area (TPSA) is 58.1 Å². The largest absolute Gasteiger partial charge is 0.339 e. The Morgan fingerprint density at radius 1 is 1.04 bits per heavy atom. The Morgan fingerprint density at radius 2 is 1.92 bits per heavy atom. The van der Waals surface area contributed by atoms with Crippen molar-refractivity contribution < 1.29 is 4.79 Å². The molecule has 0 atom stereocenters. The van der Waals surface area contributed by atoms with Crippen molar-refractivity contribution in [3.05, 3.63) is 76.9 Å². The van der Waals surface area contributed by atoms with E-state index in [1.165, 1.54) is 5.56 Å². The lowest BCUT2D eigenvalue weighted by Gasteiger charge is -2.16. The maximum atomic E-state index is 12.7. The molecule has 6 heteroatoms. The zero-order valence-corrected chi connectivity index (χ0v) is 14.1. The van der Waals surface area contributed by atoms with Gasteiger partial charge >= 0.3 is 0 Å². The lowest BCUT2D eigenvalue weighted by molar-refractivity contribution is 0.0983. The van der Waals surface area contributed by atoms with E-state index in [1.54, 1.807) is 29.2 Å². The molecule has 0 bridgehead atoms. The molecule has 0 unspecified atom stereocenters. The van der Waals surface area contributed by atoms with Gasteiger partial charge in [-0.15, -0.1) is 10.2 Å². The highest BCUT2D eigenvalue weighted by molar-refractivity contribution is 6.30. The summed E-state index contributed by atoms with van der Waals surface area (Å²) in [5, 5.41) is 11.9. The average molecular weight is 351 g/mol. The van der Waals surface area contributed by atoms with Crippen molar-refractivity contribution in [2.45, 2.75) is 6.42 Å². The van der Waals surface area contributed by atoms with Crippen LogP contribution in [0.3, 0.4) is 0 Å². The van der Waals surface area contributed by atoms with Gasteiger partial charge in [0.15, 0.2) is 11.5 Å². The van der Waals surface area contributed by atoms with Crippen molar-refractivity contribution in [3.8, 4) is 0 Å². The van der Waals surface area contributed by atoms with Gasteiger partial charge in [-0.2, -0.15) is 0 Å². The molecule has 2 heterocycles. The van der Waals surface area contributed by atoms with E-state index in [0.29, 0.717) is 23.1 Å². The van der Waals surface area contributed by atoms with Gasteiger partial charge in [0.2, 0.25) is 0 Å².